The van der Waals surface area contributed by atoms with Gasteiger partial charge in [0.2, 0.25) is 5.91 Å². The SMILES string of the molecule is CO[C@H]1/C=C/CCCS(=O)(NC(=O)CCn2ccnn2)=NC(=O)c2ccc3c(c2)N(Cc2ccc(Cl)cc2CCCCO3)C[C@@H]2CC[C@H]21. The number of aryl methyl sites for hydroxylation is 2. The van der Waals surface area contributed by atoms with E-state index >= 15 is 0 Å². The molecule has 1 fully saturated rings. The van der Waals surface area contributed by atoms with Crippen molar-refractivity contribution in [1.29, 1.82) is 0 Å². The molecule has 2 amide bonds. The first kappa shape index (κ1) is 34.1. The maximum absolute atomic E-state index is 14.2. The Morgan fingerprint density at radius 1 is 1.15 bits per heavy atom. The second kappa shape index (κ2) is 15.7. The van der Waals surface area contributed by atoms with E-state index < -0.39 is 21.7 Å². The number of amides is 2. The number of aromatic nitrogens is 3. The van der Waals surface area contributed by atoms with E-state index in [4.69, 9.17) is 21.1 Å². The van der Waals surface area contributed by atoms with E-state index in [1.807, 2.05) is 18.2 Å². The van der Waals surface area contributed by atoms with E-state index in [1.54, 1.807) is 25.4 Å². The molecule has 3 heterocycles. The first-order valence-corrected chi connectivity index (χ1v) is 18.8. The maximum atomic E-state index is 14.2. The Bertz CT molecular complexity index is 1760. The molecule has 2 bridgehead atoms. The molecule has 3 aliphatic rings. The monoisotopic (exact) mass is 694 g/mol. The van der Waals surface area contributed by atoms with E-state index in [9.17, 15) is 13.8 Å². The summed E-state index contributed by atoms with van der Waals surface area (Å²) in [6, 6.07) is 11.4. The van der Waals surface area contributed by atoms with Gasteiger partial charge >= 0.3 is 0 Å². The van der Waals surface area contributed by atoms with Crippen LogP contribution in [0.2, 0.25) is 5.02 Å². The zero-order valence-corrected chi connectivity index (χ0v) is 28.8. The van der Waals surface area contributed by atoms with Crippen molar-refractivity contribution in [1.82, 2.24) is 19.7 Å². The number of ether oxygens (including phenoxy) is 2. The second-order valence-electron chi connectivity index (χ2n) is 12.7. The number of carbonyl (C=O) groups is 2. The van der Waals surface area contributed by atoms with Gasteiger partial charge in [-0.2, -0.15) is 0 Å². The number of anilines is 1. The fourth-order valence-corrected chi connectivity index (χ4v) is 8.54. The molecule has 256 valence electrons. The summed E-state index contributed by atoms with van der Waals surface area (Å²) in [6.07, 6.45) is 13.2. The quantitative estimate of drug-likeness (QED) is 0.334. The van der Waals surface area contributed by atoms with Crippen molar-refractivity contribution in [2.75, 3.05) is 30.9 Å². The van der Waals surface area contributed by atoms with Crippen LogP contribution < -0.4 is 14.4 Å². The van der Waals surface area contributed by atoms with Crippen LogP contribution in [-0.4, -0.2) is 63.1 Å². The molecule has 1 N–H and O–H groups in total. The molecule has 11 nitrogen and oxygen atoms in total. The van der Waals surface area contributed by atoms with Crippen LogP contribution in [0.1, 0.15) is 66.4 Å². The summed E-state index contributed by atoms with van der Waals surface area (Å²) >= 11 is 6.44. The van der Waals surface area contributed by atoms with Gasteiger partial charge in [-0.15, -0.1) is 9.46 Å². The molecule has 2 aliphatic heterocycles. The van der Waals surface area contributed by atoms with Crippen LogP contribution in [0.15, 0.2) is 65.3 Å². The Morgan fingerprint density at radius 2 is 2.04 bits per heavy atom. The Balaban J connectivity index is 1.39. The highest BCUT2D eigenvalue weighted by molar-refractivity contribution is 7.92. The van der Waals surface area contributed by atoms with E-state index in [2.05, 4.69) is 42.5 Å². The van der Waals surface area contributed by atoms with Crippen molar-refractivity contribution in [3.63, 3.8) is 0 Å². The number of nitrogens with one attached hydrogen (secondary N) is 1. The van der Waals surface area contributed by atoms with Crippen LogP contribution in [0, 0.1) is 11.8 Å². The lowest BCUT2D eigenvalue weighted by Crippen LogP contribution is -2.43. The molecule has 0 radical (unpaired) electrons. The summed E-state index contributed by atoms with van der Waals surface area (Å²) in [4.78, 5) is 29.0. The van der Waals surface area contributed by atoms with Gasteiger partial charge in [0.1, 0.15) is 15.7 Å². The van der Waals surface area contributed by atoms with Gasteiger partial charge in [-0.05, 0) is 98.2 Å². The smallest absolute Gasteiger partial charge is 0.286 e. The maximum Gasteiger partial charge on any atom is 0.286 e. The van der Waals surface area contributed by atoms with Crippen molar-refractivity contribution in [3.05, 3.63) is 82.7 Å². The minimum atomic E-state index is -3.43. The van der Waals surface area contributed by atoms with E-state index in [-0.39, 0.29) is 30.4 Å². The summed E-state index contributed by atoms with van der Waals surface area (Å²) in [5.74, 6) is 0.293. The number of nitrogens with zero attached hydrogens (tertiary/aromatic N) is 5. The lowest BCUT2D eigenvalue weighted by Gasteiger charge is -2.43. The Labute approximate surface area is 287 Å². The highest BCUT2D eigenvalue weighted by Crippen LogP contribution is 2.42. The van der Waals surface area contributed by atoms with Crippen molar-refractivity contribution in [2.45, 2.75) is 70.6 Å². The summed E-state index contributed by atoms with van der Waals surface area (Å²) in [5, 5.41) is 8.34. The molecular weight excluding hydrogens is 652 g/mol. The molecule has 1 aromatic heterocycles. The Morgan fingerprint density at radius 3 is 2.83 bits per heavy atom. The lowest BCUT2D eigenvalue weighted by molar-refractivity contribution is -0.119. The van der Waals surface area contributed by atoms with Gasteiger partial charge in [-0.1, -0.05) is 35.0 Å². The fourth-order valence-electron chi connectivity index (χ4n) is 6.72. The zero-order chi connectivity index (χ0) is 33.5. The molecule has 48 heavy (non-hydrogen) atoms. The number of halogens is 1. The van der Waals surface area contributed by atoms with E-state index in [0.717, 1.165) is 44.3 Å². The third-order valence-electron chi connectivity index (χ3n) is 9.46. The van der Waals surface area contributed by atoms with Crippen molar-refractivity contribution < 1.29 is 23.3 Å². The number of methoxy groups -OCH3 is 1. The summed E-state index contributed by atoms with van der Waals surface area (Å²) in [5.41, 5.74) is 3.45. The second-order valence-corrected chi connectivity index (χ2v) is 15.2. The average Bonchev–Trinajstić information content (AvgIpc) is 3.57. The molecule has 4 atom stereocenters. The third-order valence-corrected chi connectivity index (χ3v) is 11.5. The molecular formula is C35H43ClN6O5S. The highest BCUT2D eigenvalue weighted by atomic mass is 35.5. The normalized spacial score (nSPS) is 25.6. The standard InChI is InChI=1S/C35H43ClN6O5S/c1-46-32-8-3-2-6-20-48(45,38-34(43)15-17-42-18-16-37-40-42)39-35(44)26-11-14-33-31(22-26)41(24-28-10-13-30(28)32)23-27-9-12-29(36)21-25(27)7-4-5-19-47-33/h3,8-9,11-12,14,16,18,21-22,28,30,32H,2,4-7,10,13,15,17,19-20,23-24H2,1H3,(H,38,39,43,44,45)/b8-3+/t28-,30+,32-,48?/m0/s1. The Hall–Kier alpha value is -3.74. The topological polar surface area (TPSA) is 128 Å². The number of hydrogen-bond acceptors (Lipinski definition) is 8. The lowest BCUT2D eigenvalue weighted by atomic mass is 9.70. The molecule has 0 spiro atoms. The van der Waals surface area contributed by atoms with Gasteiger partial charge in [-0.25, -0.2) is 4.21 Å². The molecule has 6 rings (SSSR count). The minimum Gasteiger partial charge on any atom is -0.491 e. The summed E-state index contributed by atoms with van der Waals surface area (Å²) < 4.78 is 34.8. The molecule has 3 aromatic rings. The predicted octanol–water partition coefficient (Wildman–Crippen LogP) is 5.77. The van der Waals surface area contributed by atoms with Gasteiger partial charge in [0.05, 0.1) is 36.9 Å². The molecule has 1 aliphatic carbocycles. The van der Waals surface area contributed by atoms with Gasteiger partial charge in [0, 0.05) is 43.4 Å². The number of benzene rings is 2. The van der Waals surface area contributed by atoms with Crippen LogP contribution in [0.5, 0.6) is 5.75 Å². The van der Waals surface area contributed by atoms with E-state index in [1.165, 1.54) is 22.0 Å². The number of allylic oxidation sites excluding steroid dienone is 1. The zero-order valence-electron chi connectivity index (χ0n) is 27.3. The van der Waals surface area contributed by atoms with E-state index in [0.29, 0.717) is 48.6 Å². The summed E-state index contributed by atoms with van der Waals surface area (Å²) in [7, 11) is -1.68. The summed E-state index contributed by atoms with van der Waals surface area (Å²) in [6.45, 7) is 2.14. The predicted molar refractivity (Wildman–Crippen MR) is 185 cm³/mol. The van der Waals surface area contributed by atoms with Crippen molar-refractivity contribution >= 4 is 39.0 Å². The van der Waals surface area contributed by atoms with Crippen LogP contribution in [0.4, 0.5) is 5.69 Å². The molecule has 1 saturated carbocycles. The first-order valence-electron chi connectivity index (χ1n) is 16.7. The number of carbonyl (C=O) groups excluding carboxylic acids is 2. The van der Waals surface area contributed by atoms with Gasteiger partial charge < -0.3 is 14.4 Å². The van der Waals surface area contributed by atoms with Crippen LogP contribution in [0.25, 0.3) is 0 Å². The van der Waals surface area contributed by atoms with Crippen molar-refractivity contribution in [2.24, 2.45) is 16.2 Å². The van der Waals surface area contributed by atoms with Crippen LogP contribution in [0.3, 0.4) is 0 Å². The number of hydrogen-bond donors (Lipinski definition) is 1. The minimum absolute atomic E-state index is 0.0138. The average molecular weight is 695 g/mol. The number of rotatable bonds is 5. The molecule has 2 aromatic carbocycles. The fraction of sp³-hybridized carbons (Fsp3) is 0.486. The van der Waals surface area contributed by atoms with Gasteiger partial charge in [-0.3, -0.25) is 19.0 Å². The first-order chi connectivity index (χ1) is 23.3. The van der Waals surface area contributed by atoms with Gasteiger partial charge in [0.15, 0.2) is 0 Å². The number of fused-ring (bicyclic) bond motifs is 3. The Kier molecular flexibility index (Phi) is 11.1. The third kappa shape index (κ3) is 8.45. The largest absolute Gasteiger partial charge is 0.491 e. The van der Waals surface area contributed by atoms with Crippen molar-refractivity contribution in [3.8, 4) is 5.75 Å². The van der Waals surface area contributed by atoms with Crippen LogP contribution >= 0.6 is 11.6 Å². The molecule has 13 heteroatoms. The van der Waals surface area contributed by atoms with Crippen LogP contribution in [-0.2, 0) is 39.0 Å². The van der Waals surface area contributed by atoms with Gasteiger partial charge in [0.25, 0.3) is 5.91 Å². The molecule has 0 saturated heterocycles. The molecule has 1 unspecified atom stereocenters. The highest BCUT2D eigenvalue weighted by Gasteiger charge is 2.38.